The molecule has 3 aromatic carbocycles. The highest BCUT2D eigenvalue weighted by Gasteiger charge is 2.02. The highest BCUT2D eigenvalue weighted by Crippen LogP contribution is 2.29. The van der Waals surface area contributed by atoms with Gasteiger partial charge >= 0.3 is 0 Å². The van der Waals surface area contributed by atoms with Crippen LogP contribution in [0.25, 0.3) is 10.8 Å². The van der Waals surface area contributed by atoms with E-state index in [-0.39, 0.29) is 0 Å². The van der Waals surface area contributed by atoms with Gasteiger partial charge in [-0.25, -0.2) is 0 Å². The minimum absolute atomic E-state index is 0.644. The largest absolute Gasteiger partial charge is 0.457 e. The molecular formula is C17H12O2. The van der Waals surface area contributed by atoms with E-state index >= 15 is 0 Å². The Morgan fingerprint density at radius 3 is 2.32 bits per heavy atom. The number of aldehydes is 1. The Labute approximate surface area is 111 Å². The van der Waals surface area contributed by atoms with E-state index in [4.69, 9.17) is 4.74 Å². The molecular weight excluding hydrogens is 236 g/mol. The van der Waals surface area contributed by atoms with Crippen LogP contribution >= 0.6 is 0 Å². The summed E-state index contributed by atoms with van der Waals surface area (Å²) in [5, 5.41) is 2.22. The molecule has 0 aliphatic carbocycles. The molecule has 0 amide bonds. The first-order chi connectivity index (χ1) is 9.36. The van der Waals surface area contributed by atoms with Gasteiger partial charge in [-0.2, -0.15) is 0 Å². The summed E-state index contributed by atoms with van der Waals surface area (Å²) in [7, 11) is 0. The van der Waals surface area contributed by atoms with E-state index in [1.807, 2.05) is 30.3 Å². The molecule has 0 aliphatic heterocycles. The third-order valence-electron chi connectivity index (χ3n) is 2.99. The van der Waals surface area contributed by atoms with Crippen molar-refractivity contribution >= 4 is 17.1 Å². The van der Waals surface area contributed by atoms with Crippen LogP contribution in [0.1, 0.15) is 10.4 Å². The Hall–Kier alpha value is -2.61. The number of rotatable bonds is 3. The number of hydrogen-bond donors (Lipinski definition) is 0. The predicted molar refractivity (Wildman–Crippen MR) is 75.9 cm³/mol. The molecule has 0 aromatic heterocycles. The second-order valence-corrected chi connectivity index (χ2v) is 4.27. The lowest BCUT2D eigenvalue weighted by molar-refractivity contribution is 0.112. The summed E-state index contributed by atoms with van der Waals surface area (Å²) in [5.41, 5.74) is 0.644. The summed E-state index contributed by atoms with van der Waals surface area (Å²) in [4.78, 5) is 10.6. The Kier molecular flexibility index (Phi) is 2.99. The van der Waals surface area contributed by atoms with Crippen molar-refractivity contribution in [2.45, 2.75) is 0 Å². The molecule has 3 aromatic rings. The van der Waals surface area contributed by atoms with E-state index in [0.29, 0.717) is 5.56 Å². The van der Waals surface area contributed by atoms with Gasteiger partial charge in [0.2, 0.25) is 0 Å². The van der Waals surface area contributed by atoms with E-state index < -0.39 is 0 Å². The molecule has 0 aliphatic rings. The van der Waals surface area contributed by atoms with Gasteiger partial charge in [0.1, 0.15) is 17.8 Å². The van der Waals surface area contributed by atoms with Gasteiger partial charge in [0.05, 0.1) is 0 Å². The van der Waals surface area contributed by atoms with Gasteiger partial charge in [0.15, 0.2) is 0 Å². The quantitative estimate of drug-likeness (QED) is 0.640. The number of ether oxygens (including phenoxy) is 1. The van der Waals surface area contributed by atoms with Crippen LogP contribution in [-0.2, 0) is 0 Å². The molecule has 0 N–H and O–H groups in total. The minimum Gasteiger partial charge on any atom is -0.457 e. The average molecular weight is 248 g/mol. The van der Waals surface area contributed by atoms with Crippen LogP contribution < -0.4 is 4.74 Å². The fourth-order valence-corrected chi connectivity index (χ4v) is 2.03. The van der Waals surface area contributed by atoms with Crippen LogP contribution in [0.2, 0.25) is 0 Å². The van der Waals surface area contributed by atoms with Gasteiger partial charge in [-0.15, -0.1) is 0 Å². The summed E-state index contributed by atoms with van der Waals surface area (Å²) in [6.45, 7) is 0. The third-order valence-corrected chi connectivity index (χ3v) is 2.99. The van der Waals surface area contributed by atoms with Crippen LogP contribution in [0.5, 0.6) is 11.5 Å². The highest BCUT2D eigenvalue weighted by molar-refractivity contribution is 5.88. The molecule has 0 spiro atoms. The molecule has 0 radical (unpaired) electrons. The van der Waals surface area contributed by atoms with Crippen molar-refractivity contribution in [2.75, 3.05) is 0 Å². The fraction of sp³-hybridized carbons (Fsp3) is 0. The van der Waals surface area contributed by atoms with Crippen molar-refractivity contribution in [1.29, 1.82) is 0 Å². The van der Waals surface area contributed by atoms with Crippen LogP contribution in [0.3, 0.4) is 0 Å². The van der Waals surface area contributed by atoms with Crippen molar-refractivity contribution in [3.05, 3.63) is 72.3 Å². The van der Waals surface area contributed by atoms with Gasteiger partial charge < -0.3 is 4.74 Å². The minimum atomic E-state index is 0.644. The zero-order valence-electron chi connectivity index (χ0n) is 10.2. The maximum Gasteiger partial charge on any atom is 0.150 e. The highest BCUT2D eigenvalue weighted by atomic mass is 16.5. The standard InChI is InChI=1S/C17H12O2/c18-12-13-8-10-15(11-9-13)19-17-7-3-5-14-4-1-2-6-16(14)17/h1-12H. The number of benzene rings is 3. The normalized spacial score (nSPS) is 10.3. The van der Waals surface area contributed by atoms with Crippen molar-refractivity contribution in [3.63, 3.8) is 0 Å². The van der Waals surface area contributed by atoms with Crippen LogP contribution in [0.15, 0.2) is 66.7 Å². The smallest absolute Gasteiger partial charge is 0.150 e. The van der Waals surface area contributed by atoms with Gasteiger partial charge in [-0.05, 0) is 35.7 Å². The number of hydrogen-bond acceptors (Lipinski definition) is 2. The maximum absolute atomic E-state index is 10.6. The van der Waals surface area contributed by atoms with Crippen LogP contribution in [0, 0.1) is 0 Å². The molecule has 2 heteroatoms. The van der Waals surface area contributed by atoms with Gasteiger partial charge in [0.25, 0.3) is 0 Å². The second kappa shape index (κ2) is 4.94. The maximum atomic E-state index is 10.6. The Bertz CT molecular complexity index is 709. The molecule has 0 unspecified atom stereocenters. The summed E-state index contributed by atoms with van der Waals surface area (Å²) in [6.07, 6.45) is 0.821. The van der Waals surface area contributed by atoms with Gasteiger partial charge in [0, 0.05) is 10.9 Å². The summed E-state index contributed by atoms with van der Waals surface area (Å²) < 4.78 is 5.88. The molecule has 0 fully saturated rings. The van der Waals surface area contributed by atoms with E-state index in [2.05, 4.69) is 12.1 Å². The summed E-state index contributed by atoms with van der Waals surface area (Å²) in [5.74, 6) is 1.54. The van der Waals surface area contributed by atoms with Gasteiger partial charge in [-0.3, -0.25) is 4.79 Å². The van der Waals surface area contributed by atoms with Crippen LogP contribution in [-0.4, -0.2) is 6.29 Å². The van der Waals surface area contributed by atoms with Gasteiger partial charge in [-0.1, -0.05) is 36.4 Å². The number of carbonyl (C=O) groups is 1. The average Bonchev–Trinajstić information content (AvgIpc) is 2.48. The molecule has 0 heterocycles. The molecule has 0 saturated heterocycles. The van der Waals surface area contributed by atoms with Crippen molar-refractivity contribution in [3.8, 4) is 11.5 Å². The molecule has 0 saturated carbocycles. The van der Waals surface area contributed by atoms with E-state index in [0.717, 1.165) is 28.6 Å². The zero-order chi connectivity index (χ0) is 13.1. The molecule has 0 atom stereocenters. The van der Waals surface area contributed by atoms with Crippen molar-refractivity contribution < 1.29 is 9.53 Å². The zero-order valence-corrected chi connectivity index (χ0v) is 10.2. The fourth-order valence-electron chi connectivity index (χ4n) is 2.03. The number of carbonyl (C=O) groups excluding carboxylic acids is 1. The predicted octanol–water partition coefficient (Wildman–Crippen LogP) is 4.44. The first-order valence-electron chi connectivity index (χ1n) is 6.08. The van der Waals surface area contributed by atoms with E-state index in [1.54, 1.807) is 24.3 Å². The first-order valence-corrected chi connectivity index (χ1v) is 6.08. The van der Waals surface area contributed by atoms with E-state index in [9.17, 15) is 4.79 Å². The third kappa shape index (κ3) is 2.33. The Balaban J connectivity index is 1.98. The number of fused-ring (bicyclic) bond motifs is 1. The lowest BCUT2D eigenvalue weighted by Gasteiger charge is -2.08. The SMILES string of the molecule is O=Cc1ccc(Oc2cccc3ccccc23)cc1. The molecule has 19 heavy (non-hydrogen) atoms. The molecule has 2 nitrogen and oxygen atoms in total. The van der Waals surface area contributed by atoms with Crippen molar-refractivity contribution in [2.24, 2.45) is 0 Å². The molecule has 0 bridgehead atoms. The molecule has 3 rings (SSSR count). The lowest BCUT2D eigenvalue weighted by atomic mass is 10.1. The monoisotopic (exact) mass is 248 g/mol. The molecule has 92 valence electrons. The van der Waals surface area contributed by atoms with E-state index in [1.165, 1.54) is 0 Å². The summed E-state index contributed by atoms with van der Waals surface area (Å²) in [6, 6.07) is 21.1. The first kappa shape index (κ1) is 11.5. The topological polar surface area (TPSA) is 26.3 Å². The second-order valence-electron chi connectivity index (χ2n) is 4.27. The van der Waals surface area contributed by atoms with Crippen LogP contribution in [0.4, 0.5) is 0 Å². The lowest BCUT2D eigenvalue weighted by Crippen LogP contribution is -1.86. The Morgan fingerprint density at radius 2 is 1.53 bits per heavy atom. The summed E-state index contributed by atoms with van der Waals surface area (Å²) >= 11 is 0. The van der Waals surface area contributed by atoms with Crippen molar-refractivity contribution in [1.82, 2.24) is 0 Å². The Morgan fingerprint density at radius 1 is 0.789 bits per heavy atom.